The van der Waals surface area contributed by atoms with Gasteiger partial charge in [-0.1, -0.05) is 0 Å². The maximum Gasteiger partial charge on any atom is 0.228 e. The Balaban J connectivity index is 1.92. The van der Waals surface area contributed by atoms with Crippen molar-refractivity contribution in [2.24, 2.45) is 10.8 Å². The van der Waals surface area contributed by atoms with Crippen LogP contribution in [-0.2, 0) is 6.54 Å². The molecule has 0 unspecified atom stereocenters. The van der Waals surface area contributed by atoms with Gasteiger partial charge < -0.3 is 26.0 Å². The summed E-state index contributed by atoms with van der Waals surface area (Å²) in [5, 5.41) is 13.1. The van der Waals surface area contributed by atoms with Gasteiger partial charge in [-0.05, 0) is 24.6 Å². The van der Waals surface area contributed by atoms with Crippen LogP contribution in [0.3, 0.4) is 0 Å². The summed E-state index contributed by atoms with van der Waals surface area (Å²) in [7, 11) is 1.76. The maximum absolute atomic E-state index is 7.16. The molecule has 0 aromatic carbocycles. The average Bonchev–Trinajstić information content (AvgIpc) is 2.96. The van der Waals surface area contributed by atoms with E-state index in [0.717, 1.165) is 36.5 Å². The molecule has 1 aliphatic heterocycles. The summed E-state index contributed by atoms with van der Waals surface area (Å²) in [6.45, 7) is 1.64. The lowest BCUT2D eigenvalue weighted by Crippen LogP contribution is -2.32. The summed E-state index contributed by atoms with van der Waals surface area (Å²) >= 11 is 0. The third-order valence-corrected chi connectivity index (χ3v) is 3.82. The molecule has 3 heterocycles. The molecule has 25 heavy (non-hydrogen) atoms. The molecule has 3 rings (SSSR count). The number of amidine groups is 1. The highest BCUT2D eigenvalue weighted by molar-refractivity contribution is 5.98. The first kappa shape index (κ1) is 16.7. The molecular weight excluding hydrogens is 318 g/mol. The fourth-order valence-electron chi connectivity index (χ4n) is 2.64. The van der Waals surface area contributed by atoms with Gasteiger partial charge in [0.2, 0.25) is 5.95 Å². The topological polar surface area (TPSA) is 129 Å². The molecule has 0 saturated heterocycles. The van der Waals surface area contributed by atoms with Crippen LogP contribution in [0.15, 0.2) is 41.4 Å². The van der Waals surface area contributed by atoms with Crippen molar-refractivity contribution in [2.45, 2.75) is 13.0 Å². The van der Waals surface area contributed by atoms with Crippen LogP contribution in [0.2, 0.25) is 0 Å². The maximum atomic E-state index is 7.16. The average molecular weight is 339 g/mol. The van der Waals surface area contributed by atoms with Gasteiger partial charge in [0, 0.05) is 44.3 Å². The SMILES string of the molecule is CN/C(=C\C=N)Nc1nccc(-c2cc3n(c2)CCCN=C3NN)n1. The highest BCUT2D eigenvalue weighted by atomic mass is 15.3. The molecule has 0 amide bonds. The largest absolute Gasteiger partial charge is 0.375 e. The highest BCUT2D eigenvalue weighted by Crippen LogP contribution is 2.23. The zero-order chi connectivity index (χ0) is 17.6. The van der Waals surface area contributed by atoms with Gasteiger partial charge in [-0.25, -0.2) is 15.8 Å². The number of nitrogens with two attached hydrogens (primary N) is 1. The number of hydrazine groups is 1. The fraction of sp³-hybridized carbons (Fsp3) is 0.250. The number of nitrogens with zero attached hydrogens (tertiary/aromatic N) is 4. The number of anilines is 1. The Morgan fingerprint density at radius 1 is 1.44 bits per heavy atom. The lowest BCUT2D eigenvalue weighted by Gasteiger charge is -2.08. The van der Waals surface area contributed by atoms with Crippen molar-refractivity contribution >= 4 is 18.0 Å². The van der Waals surface area contributed by atoms with Crippen molar-refractivity contribution in [1.82, 2.24) is 25.3 Å². The van der Waals surface area contributed by atoms with Crippen LogP contribution in [0.5, 0.6) is 0 Å². The Morgan fingerprint density at radius 3 is 3.08 bits per heavy atom. The van der Waals surface area contributed by atoms with Gasteiger partial charge >= 0.3 is 0 Å². The van der Waals surface area contributed by atoms with E-state index in [-0.39, 0.29) is 0 Å². The monoisotopic (exact) mass is 339 g/mol. The number of hydrogen-bond donors (Lipinski definition) is 5. The number of rotatable bonds is 5. The molecule has 2 aromatic heterocycles. The van der Waals surface area contributed by atoms with Gasteiger partial charge in [-0.2, -0.15) is 0 Å². The van der Waals surface area contributed by atoms with Gasteiger partial charge in [0.1, 0.15) is 5.82 Å². The number of aliphatic imine (C=N–C) groups is 1. The Bertz CT molecular complexity index is 819. The van der Waals surface area contributed by atoms with Gasteiger partial charge in [-0.3, -0.25) is 4.99 Å². The van der Waals surface area contributed by atoms with E-state index in [1.807, 2.05) is 18.3 Å². The predicted molar refractivity (Wildman–Crippen MR) is 98.4 cm³/mol. The van der Waals surface area contributed by atoms with Crippen molar-refractivity contribution in [2.75, 3.05) is 18.9 Å². The molecule has 2 aromatic rings. The quantitative estimate of drug-likeness (QED) is 0.309. The Hall–Kier alpha value is -3.20. The molecule has 0 saturated carbocycles. The van der Waals surface area contributed by atoms with E-state index in [0.29, 0.717) is 17.6 Å². The second kappa shape index (κ2) is 7.58. The van der Waals surface area contributed by atoms with E-state index < -0.39 is 0 Å². The normalized spacial score (nSPS) is 14.2. The number of aromatic nitrogens is 3. The Kier molecular flexibility index (Phi) is 5.05. The van der Waals surface area contributed by atoms with Gasteiger partial charge in [-0.15, -0.1) is 0 Å². The highest BCUT2D eigenvalue weighted by Gasteiger charge is 2.15. The van der Waals surface area contributed by atoms with Crippen molar-refractivity contribution in [3.05, 3.63) is 42.1 Å². The Labute approximate surface area is 145 Å². The first-order chi connectivity index (χ1) is 12.2. The Morgan fingerprint density at radius 2 is 2.32 bits per heavy atom. The van der Waals surface area contributed by atoms with Crippen LogP contribution in [0.1, 0.15) is 12.1 Å². The third kappa shape index (κ3) is 3.66. The lowest BCUT2D eigenvalue weighted by molar-refractivity contribution is 0.663. The van der Waals surface area contributed by atoms with Crippen molar-refractivity contribution < 1.29 is 0 Å². The van der Waals surface area contributed by atoms with Crippen LogP contribution in [0, 0.1) is 5.41 Å². The van der Waals surface area contributed by atoms with Gasteiger partial charge in [0.25, 0.3) is 0 Å². The molecule has 0 aliphatic carbocycles. The van der Waals surface area contributed by atoms with Gasteiger partial charge in [0.05, 0.1) is 11.4 Å². The second-order valence-corrected chi connectivity index (χ2v) is 5.42. The minimum absolute atomic E-state index is 0.451. The molecule has 0 bridgehead atoms. The molecular formula is C16H21N9. The smallest absolute Gasteiger partial charge is 0.228 e. The van der Waals surface area contributed by atoms with E-state index in [4.69, 9.17) is 11.3 Å². The van der Waals surface area contributed by atoms with E-state index in [1.165, 1.54) is 6.21 Å². The minimum atomic E-state index is 0.451. The van der Waals surface area contributed by atoms with Crippen molar-refractivity contribution in [3.8, 4) is 11.3 Å². The molecule has 9 nitrogen and oxygen atoms in total. The fourth-order valence-corrected chi connectivity index (χ4v) is 2.64. The summed E-state index contributed by atoms with van der Waals surface area (Å²) in [6.07, 6.45) is 7.48. The van der Waals surface area contributed by atoms with E-state index >= 15 is 0 Å². The summed E-state index contributed by atoms with van der Waals surface area (Å²) < 4.78 is 2.13. The van der Waals surface area contributed by atoms with Crippen LogP contribution < -0.4 is 21.9 Å². The number of allylic oxidation sites excluding steroid dienone is 1. The number of aryl methyl sites for hydroxylation is 1. The number of fused-ring (bicyclic) bond motifs is 1. The van der Waals surface area contributed by atoms with Gasteiger partial charge in [0.15, 0.2) is 5.84 Å². The molecule has 130 valence electrons. The lowest BCUT2D eigenvalue weighted by atomic mass is 10.2. The molecule has 0 radical (unpaired) electrons. The van der Waals surface area contributed by atoms with Crippen LogP contribution in [-0.4, -0.2) is 40.2 Å². The van der Waals surface area contributed by atoms with Crippen LogP contribution in [0.4, 0.5) is 5.95 Å². The zero-order valence-electron chi connectivity index (χ0n) is 14.0. The molecule has 0 spiro atoms. The van der Waals surface area contributed by atoms with E-state index in [1.54, 1.807) is 19.3 Å². The summed E-state index contributed by atoms with van der Waals surface area (Å²) in [6, 6.07) is 3.87. The molecule has 9 heteroatoms. The summed E-state index contributed by atoms with van der Waals surface area (Å²) in [4.78, 5) is 13.2. The third-order valence-electron chi connectivity index (χ3n) is 3.82. The second-order valence-electron chi connectivity index (χ2n) is 5.42. The van der Waals surface area contributed by atoms with Crippen LogP contribution >= 0.6 is 0 Å². The molecule has 0 atom stereocenters. The summed E-state index contributed by atoms with van der Waals surface area (Å²) in [5.41, 5.74) is 5.37. The molecule has 1 aliphatic rings. The number of nitrogens with one attached hydrogen (secondary N) is 4. The van der Waals surface area contributed by atoms with E-state index in [2.05, 4.69) is 35.6 Å². The molecule has 6 N–H and O–H groups in total. The van der Waals surface area contributed by atoms with Crippen LogP contribution in [0.25, 0.3) is 11.3 Å². The molecule has 0 fully saturated rings. The minimum Gasteiger partial charge on any atom is -0.375 e. The van der Waals surface area contributed by atoms with Crippen molar-refractivity contribution in [1.29, 1.82) is 5.41 Å². The van der Waals surface area contributed by atoms with Crippen molar-refractivity contribution in [3.63, 3.8) is 0 Å². The standard InChI is InChI=1S/C16H21N9/c1-19-14(3-5-17)23-16-21-7-4-12(22-16)11-9-13-15(24-18)20-6-2-8-25(13)10-11/h3-5,7,9-10,17,19H,2,6,8,18H2,1H3,(H,20,24)(H,21,22,23)/b14-3+,17-5?. The van der Waals surface area contributed by atoms with E-state index in [9.17, 15) is 0 Å². The number of hydrogen-bond acceptors (Lipinski definition) is 8. The summed E-state index contributed by atoms with van der Waals surface area (Å²) in [5.74, 6) is 7.37. The zero-order valence-corrected chi connectivity index (χ0v) is 14.0. The predicted octanol–water partition coefficient (Wildman–Crippen LogP) is 0.681. The first-order valence-electron chi connectivity index (χ1n) is 7.95. The first-order valence-corrected chi connectivity index (χ1v) is 7.95.